The van der Waals surface area contributed by atoms with Gasteiger partial charge in [-0.05, 0) is 24.8 Å². The lowest BCUT2D eigenvalue weighted by Gasteiger charge is -2.38. The number of piperidine rings is 1. The van der Waals surface area contributed by atoms with Crippen LogP contribution < -0.4 is 11.3 Å². The normalized spacial score (nSPS) is 24.0. The third-order valence-electron chi connectivity index (χ3n) is 3.54. The number of carbonyl (C=O) groups excluding carboxylic acids is 1. The molecule has 0 aromatic carbocycles. The zero-order valence-electron chi connectivity index (χ0n) is 10.6. The van der Waals surface area contributed by atoms with Crippen LogP contribution in [0.25, 0.3) is 0 Å². The maximum Gasteiger partial charge on any atom is 0.255 e. The van der Waals surface area contributed by atoms with Gasteiger partial charge in [-0.1, -0.05) is 6.92 Å². The van der Waals surface area contributed by atoms with Gasteiger partial charge in [0.25, 0.3) is 5.91 Å². The molecule has 0 bridgehead atoms. The lowest BCUT2D eigenvalue weighted by atomic mass is 9.92. The van der Waals surface area contributed by atoms with E-state index in [1.165, 1.54) is 12.3 Å². The van der Waals surface area contributed by atoms with Crippen LogP contribution in [0.4, 0.5) is 0 Å². The third-order valence-corrected chi connectivity index (χ3v) is 3.54. The average Bonchev–Trinajstić information content (AvgIpc) is 2.38. The van der Waals surface area contributed by atoms with Gasteiger partial charge in [0.2, 0.25) is 5.56 Å². The maximum absolute atomic E-state index is 12.3. The number of amides is 1. The molecule has 2 rings (SSSR count). The van der Waals surface area contributed by atoms with E-state index in [4.69, 9.17) is 5.73 Å². The monoisotopic (exact) mass is 249 g/mol. The standard InChI is InChI=1S/C13H19N3O2/c1-9-4-5-16(11(6-9)7-14)13(18)10-2-3-12(17)15-8-10/h2-3,8-9,11H,4-7,14H2,1H3,(H,15,17). The predicted molar refractivity (Wildman–Crippen MR) is 69.3 cm³/mol. The molecule has 1 aromatic rings. The summed E-state index contributed by atoms with van der Waals surface area (Å²) in [6, 6.07) is 3.04. The zero-order chi connectivity index (χ0) is 13.1. The molecule has 1 amide bonds. The number of aromatic amines is 1. The van der Waals surface area contributed by atoms with Crippen LogP contribution in [0.15, 0.2) is 23.1 Å². The highest BCUT2D eigenvalue weighted by atomic mass is 16.2. The Hall–Kier alpha value is -1.62. The SMILES string of the molecule is CC1CCN(C(=O)c2ccc(=O)[nH]c2)C(CN)C1. The van der Waals surface area contributed by atoms with E-state index in [0.717, 1.165) is 19.4 Å². The summed E-state index contributed by atoms with van der Waals surface area (Å²) in [6.07, 6.45) is 3.42. The molecule has 0 spiro atoms. The molecule has 3 N–H and O–H groups in total. The maximum atomic E-state index is 12.3. The molecule has 1 fully saturated rings. The first-order valence-corrected chi connectivity index (χ1v) is 6.31. The number of rotatable bonds is 2. The fraction of sp³-hybridized carbons (Fsp3) is 0.538. The fourth-order valence-electron chi connectivity index (χ4n) is 2.45. The molecule has 1 aliphatic rings. The predicted octanol–water partition coefficient (Wildman–Crippen LogP) is 0.574. The highest BCUT2D eigenvalue weighted by Gasteiger charge is 2.29. The molecule has 98 valence electrons. The first-order chi connectivity index (χ1) is 8.61. The Balaban J connectivity index is 2.17. The van der Waals surface area contributed by atoms with Crippen molar-refractivity contribution in [1.29, 1.82) is 0 Å². The zero-order valence-corrected chi connectivity index (χ0v) is 10.6. The molecule has 1 aliphatic heterocycles. The van der Waals surface area contributed by atoms with Crippen molar-refractivity contribution < 1.29 is 4.79 Å². The molecular weight excluding hydrogens is 230 g/mol. The molecule has 0 saturated carbocycles. The molecule has 2 atom stereocenters. The van der Waals surface area contributed by atoms with Crippen molar-refractivity contribution in [3.8, 4) is 0 Å². The van der Waals surface area contributed by atoms with E-state index in [-0.39, 0.29) is 17.5 Å². The van der Waals surface area contributed by atoms with Crippen molar-refractivity contribution in [3.63, 3.8) is 0 Å². The molecule has 18 heavy (non-hydrogen) atoms. The topological polar surface area (TPSA) is 79.2 Å². The van der Waals surface area contributed by atoms with Gasteiger partial charge in [-0.15, -0.1) is 0 Å². The summed E-state index contributed by atoms with van der Waals surface area (Å²) < 4.78 is 0. The van der Waals surface area contributed by atoms with Crippen LogP contribution in [0.1, 0.15) is 30.1 Å². The minimum atomic E-state index is -0.200. The van der Waals surface area contributed by atoms with Gasteiger partial charge in [0.1, 0.15) is 0 Å². The summed E-state index contributed by atoms with van der Waals surface area (Å²) in [5, 5.41) is 0. The molecule has 0 radical (unpaired) electrons. The number of hydrogen-bond donors (Lipinski definition) is 2. The van der Waals surface area contributed by atoms with Crippen LogP contribution in [-0.4, -0.2) is 34.9 Å². The molecule has 1 aromatic heterocycles. The number of pyridine rings is 1. The van der Waals surface area contributed by atoms with Crippen LogP contribution in [0.2, 0.25) is 0 Å². The Labute approximate surface area is 106 Å². The summed E-state index contributed by atoms with van der Waals surface area (Å²) in [4.78, 5) is 27.7. The minimum absolute atomic E-state index is 0.0476. The lowest BCUT2D eigenvalue weighted by molar-refractivity contribution is 0.0573. The summed E-state index contributed by atoms with van der Waals surface area (Å²) in [6.45, 7) is 3.41. The Bertz CT molecular complexity index is 463. The second kappa shape index (κ2) is 5.35. The Morgan fingerprint density at radius 1 is 1.56 bits per heavy atom. The van der Waals surface area contributed by atoms with Gasteiger partial charge in [0.05, 0.1) is 5.56 Å². The molecule has 5 heteroatoms. The molecule has 2 heterocycles. The Morgan fingerprint density at radius 3 is 2.94 bits per heavy atom. The van der Waals surface area contributed by atoms with Gasteiger partial charge >= 0.3 is 0 Å². The van der Waals surface area contributed by atoms with Crippen molar-refractivity contribution in [2.45, 2.75) is 25.8 Å². The third kappa shape index (κ3) is 2.61. The largest absolute Gasteiger partial charge is 0.334 e. The van der Waals surface area contributed by atoms with Gasteiger partial charge < -0.3 is 15.6 Å². The number of H-pyrrole nitrogens is 1. The van der Waals surface area contributed by atoms with Crippen LogP contribution in [-0.2, 0) is 0 Å². The van der Waals surface area contributed by atoms with E-state index >= 15 is 0 Å². The van der Waals surface area contributed by atoms with E-state index < -0.39 is 0 Å². The van der Waals surface area contributed by atoms with Crippen molar-refractivity contribution in [2.24, 2.45) is 11.7 Å². The number of nitrogens with one attached hydrogen (secondary N) is 1. The van der Waals surface area contributed by atoms with Crippen LogP contribution in [0.3, 0.4) is 0 Å². The molecule has 1 saturated heterocycles. The minimum Gasteiger partial charge on any atom is -0.334 e. The highest BCUT2D eigenvalue weighted by Crippen LogP contribution is 2.23. The summed E-state index contributed by atoms with van der Waals surface area (Å²) >= 11 is 0. The summed E-state index contributed by atoms with van der Waals surface area (Å²) in [5.74, 6) is 0.562. The second-order valence-electron chi connectivity index (χ2n) is 4.96. The molecular formula is C13H19N3O2. The highest BCUT2D eigenvalue weighted by molar-refractivity contribution is 5.94. The van der Waals surface area contributed by atoms with Crippen molar-refractivity contribution in [2.75, 3.05) is 13.1 Å². The van der Waals surface area contributed by atoms with Crippen LogP contribution in [0, 0.1) is 5.92 Å². The lowest BCUT2D eigenvalue weighted by Crippen LogP contribution is -2.49. The van der Waals surface area contributed by atoms with E-state index in [1.807, 2.05) is 4.90 Å². The smallest absolute Gasteiger partial charge is 0.255 e. The number of nitrogens with two attached hydrogens (primary N) is 1. The summed E-state index contributed by atoms with van der Waals surface area (Å²) in [7, 11) is 0. The number of aromatic nitrogens is 1. The molecule has 5 nitrogen and oxygen atoms in total. The number of carbonyl (C=O) groups is 1. The molecule has 0 aliphatic carbocycles. The van der Waals surface area contributed by atoms with Gasteiger partial charge in [-0.3, -0.25) is 9.59 Å². The van der Waals surface area contributed by atoms with Crippen LogP contribution >= 0.6 is 0 Å². The quantitative estimate of drug-likeness (QED) is 0.804. The number of hydrogen-bond acceptors (Lipinski definition) is 3. The second-order valence-corrected chi connectivity index (χ2v) is 4.96. The van der Waals surface area contributed by atoms with E-state index in [0.29, 0.717) is 18.0 Å². The van der Waals surface area contributed by atoms with E-state index in [1.54, 1.807) is 6.07 Å². The van der Waals surface area contributed by atoms with Crippen molar-refractivity contribution in [3.05, 3.63) is 34.2 Å². The van der Waals surface area contributed by atoms with Crippen molar-refractivity contribution in [1.82, 2.24) is 9.88 Å². The average molecular weight is 249 g/mol. The first kappa shape index (κ1) is 12.8. The summed E-state index contributed by atoms with van der Waals surface area (Å²) in [5.41, 5.74) is 6.06. The van der Waals surface area contributed by atoms with Gasteiger partial charge in [0, 0.05) is 31.4 Å². The van der Waals surface area contributed by atoms with Crippen molar-refractivity contribution >= 4 is 5.91 Å². The fourth-order valence-corrected chi connectivity index (χ4v) is 2.45. The van der Waals surface area contributed by atoms with E-state index in [9.17, 15) is 9.59 Å². The number of likely N-dealkylation sites (tertiary alicyclic amines) is 1. The van der Waals surface area contributed by atoms with Gasteiger partial charge in [0.15, 0.2) is 0 Å². The number of nitrogens with zero attached hydrogens (tertiary/aromatic N) is 1. The molecule has 2 unspecified atom stereocenters. The van der Waals surface area contributed by atoms with Crippen LogP contribution in [0.5, 0.6) is 0 Å². The Morgan fingerprint density at radius 2 is 2.33 bits per heavy atom. The Kier molecular flexibility index (Phi) is 3.81. The van der Waals surface area contributed by atoms with E-state index in [2.05, 4.69) is 11.9 Å². The van der Waals surface area contributed by atoms with Gasteiger partial charge in [-0.2, -0.15) is 0 Å². The van der Waals surface area contributed by atoms with Gasteiger partial charge in [-0.25, -0.2) is 0 Å². The first-order valence-electron chi connectivity index (χ1n) is 6.31.